The molecule has 1 aromatic carbocycles. The van der Waals surface area contributed by atoms with Gasteiger partial charge in [-0.1, -0.05) is 12.1 Å². The number of esters is 1. The van der Waals surface area contributed by atoms with Crippen LogP contribution in [0.15, 0.2) is 53.2 Å². The molecule has 1 aromatic heterocycles. The highest BCUT2D eigenvalue weighted by Gasteiger charge is 2.12. The van der Waals surface area contributed by atoms with Gasteiger partial charge in [-0.05, 0) is 30.3 Å². The van der Waals surface area contributed by atoms with Crippen LogP contribution in [0.25, 0.3) is 6.08 Å². The predicted molar refractivity (Wildman–Crippen MR) is 80.4 cm³/mol. The Labute approximate surface area is 135 Å². The monoisotopic (exact) mass is 337 g/mol. The molecule has 1 N–H and O–H groups in total. The lowest BCUT2D eigenvalue weighted by Crippen LogP contribution is -2.20. The number of hydrogen-bond acceptors (Lipinski definition) is 5. The molecule has 0 radical (unpaired) electrons. The van der Waals surface area contributed by atoms with Gasteiger partial charge in [0.1, 0.15) is 11.5 Å². The van der Waals surface area contributed by atoms with Crippen molar-refractivity contribution in [2.75, 3.05) is 11.9 Å². The zero-order chi connectivity index (χ0) is 17.4. The Morgan fingerprint density at radius 2 is 2.00 bits per heavy atom. The van der Waals surface area contributed by atoms with Gasteiger partial charge < -0.3 is 19.2 Å². The third-order valence-corrected chi connectivity index (χ3v) is 2.65. The Kier molecular flexibility index (Phi) is 6.07. The van der Waals surface area contributed by atoms with Gasteiger partial charge in [0.05, 0.1) is 12.0 Å². The minimum atomic E-state index is -3.02. The number of furan rings is 1. The largest absolute Gasteiger partial charge is 0.465 e. The van der Waals surface area contributed by atoms with Crippen LogP contribution in [0, 0.1) is 0 Å². The predicted octanol–water partition coefficient (Wildman–Crippen LogP) is 3.08. The first-order valence-electron chi connectivity index (χ1n) is 6.76. The summed E-state index contributed by atoms with van der Waals surface area (Å²) in [5, 5.41) is 2.32. The number of nitrogens with one attached hydrogen (secondary N) is 1. The van der Waals surface area contributed by atoms with Crippen molar-refractivity contribution < 1.29 is 32.3 Å². The van der Waals surface area contributed by atoms with Crippen molar-refractivity contribution in [3.05, 3.63) is 54.5 Å². The molecule has 0 fully saturated rings. The number of para-hydroxylation sites is 2. The molecule has 0 aliphatic heterocycles. The van der Waals surface area contributed by atoms with E-state index < -0.39 is 25.1 Å². The van der Waals surface area contributed by atoms with Gasteiger partial charge in [-0.3, -0.25) is 4.79 Å². The lowest BCUT2D eigenvalue weighted by molar-refractivity contribution is -0.142. The van der Waals surface area contributed by atoms with Crippen LogP contribution in [0.5, 0.6) is 5.75 Å². The van der Waals surface area contributed by atoms with Gasteiger partial charge in [0, 0.05) is 6.08 Å². The van der Waals surface area contributed by atoms with Gasteiger partial charge in [0.15, 0.2) is 6.61 Å². The van der Waals surface area contributed by atoms with Crippen molar-refractivity contribution in [3.63, 3.8) is 0 Å². The van der Waals surface area contributed by atoms with Crippen LogP contribution >= 0.6 is 0 Å². The Morgan fingerprint density at radius 3 is 2.71 bits per heavy atom. The van der Waals surface area contributed by atoms with Crippen molar-refractivity contribution in [2.45, 2.75) is 6.61 Å². The highest BCUT2D eigenvalue weighted by atomic mass is 19.3. The summed E-state index contributed by atoms with van der Waals surface area (Å²) < 4.78 is 38.5. The summed E-state index contributed by atoms with van der Waals surface area (Å²) in [4.78, 5) is 23.2. The van der Waals surface area contributed by atoms with E-state index in [9.17, 15) is 18.4 Å². The van der Waals surface area contributed by atoms with Crippen LogP contribution in [0.4, 0.5) is 14.5 Å². The molecule has 6 nitrogen and oxygen atoms in total. The Balaban J connectivity index is 1.84. The summed E-state index contributed by atoms with van der Waals surface area (Å²) in [7, 11) is 0. The van der Waals surface area contributed by atoms with Crippen molar-refractivity contribution >= 4 is 23.6 Å². The van der Waals surface area contributed by atoms with E-state index in [-0.39, 0.29) is 11.4 Å². The van der Waals surface area contributed by atoms with Gasteiger partial charge in [-0.2, -0.15) is 8.78 Å². The van der Waals surface area contributed by atoms with Crippen LogP contribution in [-0.2, 0) is 14.3 Å². The Bertz CT molecular complexity index is 713. The maximum Gasteiger partial charge on any atom is 0.387 e. The maximum atomic E-state index is 12.3. The molecule has 126 valence electrons. The molecule has 0 aliphatic rings. The molecule has 1 amide bonds. The van der Waals surface area contributed by atoms with E-state index in [1.807, 2.05) is 0 Å². The minimum absolute atomic E-state index is 0.0463. The molecule has 2 aromatic rings. The first-order valence-corrected chi connectivity index (χ1v) is 6.76. The fourth-order valence-electron chi connectivity index (χ4n) is 1.68. The fourth-order valence-corrected chi connectivity index (χ4v) is 1.68. The summed E-state index contributed by atoms with van der Waals surface area (Å²) in [6, 6.07) is 8.96. The molecule has 0 bridgehead atoms. The van der Waals surface area contributed by atoms with E-state index in [1.165, 1.54) is 36.6 Å². The van der Waals surface area contributed by atoms with Crippen LogP contribution < -0.4 is 10.1 Å². The first-order chi connectivity index (χ1) is 11.5. The Hall–Kier alpha value is -3.16. The third kappa shape index (κ3) is 5.56. The van der Waals surface area contributed by atoms with E-state index >= 15 is 0 Å². The summed E-state index contributed by atoms with van der Waals surface area (Å²) in [6.45, 7) is -3.60. The molecule has 1 heterocycles. The number of alkyl halides is 2. The van der Waals surface area contributed by atoms with Crippen molar-refractivity contribution in [2.24, 2.45) is 0 Å². The second-order valence-electron chi connectivity index (χ2n) is 4.38. The molecule has 8 heteroatoms. The molecule has 0 atom stereocenters. The smallest absolute Gasteiger partial charge is 0.387 e. The Morgan fingerprint density at radius 1 is 1.21 bits per heavy atom. The van der Waals surface area contributed by atoms with Gasteiger partial charge in [0.2, 0.25) is 0 Å². The molecular formula is C16H13F2NO5. The van der Waals surface area contributed by atoms with Crippen LogP contribution in [-0.4, -0.2) is 25.1 Å². The van der Waals surface area contributed by atoms with E-state index in [0.29, 0.717) is 5.76 Å². The molecule has 0 aliphatic carbocycles. The maximum absolute atomic E-state index is 12.3. The molecule has 0 saturated heterocycles. The molecule has 0 saturated carbocycles. The van der Waals surface area contributed by atoms with Gasteiger partial charge in [-0.15, -0.1) is 0 Å². The van der Waals surface area contributed by atoms with Crippen molar-refractivity contribution in [1.29, 1.82) is 0 Å². The van der Waals surface area contributed by atoms with E-state index in [2.05, 4.69) is 10.1 Å². The molecular weight excluding hydrogens is 324 g/mol. The SMILES string of the molecule is O=C(COC(=O)C=Cc1ccco1)Nc1ccccc1OC(F)F. The van der Waals surface area contributed by atoms with Crippen LogP contribution in [0.3, 0.4) is 0 Å². The topological polar surface area (TPSA) is 77.8 Å². The van der Waals surface area contributed by atoms with Crippen molar-refractivity contribution in [3.8, 4) is 5.75 Å². The van der Waals surface area contributed by atoms with Gasteiger partial charge in [0.25, 0.3) is 5.91 Å². The number of carbonyl (C=O) groups is 2. The molecule has 0 spiro atoms. The average molecular weight is 337 g/mol. The number of halogens is 2. The highest BCUT2D eigenvalue weighted by molar-refractivity contribution is 5.95. The number of anilines is 1. The number of rotatable bonds is 7. The lowest BCUT2D eigenvalue weighted by atomic mass is 10.3. The van der Waals surface area contributed by atoms with E-state index in [0.717, 1.165) is 6.08 Å². The second kappa shape index (κ2) is 8.47. The summed E-state index contributed by atoms with van der Waals surface area (Å²) in [5.41, 5.74) is 0.0463. The summed E-state index contributed by atoms with van der Waals surface area (Å²) in [6.07, 6.45) is 3.92. The molecule has 2 rings (SSSR count). The minimum Gasteiger partial charge on any atom is -0.465 e. The van der Waals surface area contributed by atoms with Crippen LogP contribution in [0.1, 0.15) is 5.76 Å². The second-order valence-corrected chi connectivity index (χ2v) is 4.38. The number of amides is 1. The van der Waals surface area contributed by atoms with E-state index in [4.69, 9.17) is 9.15 Å². The zero-order valence-electron chi connectivity index (χ0n) is 12.3. The zero-order valence-corrected chi connectivity index (χ0v) is 12.3. The van der Waals surface area contributed by atoms with Crippen molar-refractivity contribution in [1.82, 2.24) is 0 Å². The third-order valence-electron chi connectivity index (χ3n) is 2.65. The summed E-state index contributed by atoms with van der Waals surface area (Å²) in [5.74, 6) is -1.18. The number of benzene rings is 1. The first kappa shape index (κ1) is 17.2. The number of ether oxygens (including phenoxy) is 2. The molecule has 24 heavy (non-hydrogen) atoms. The van der Waals surface area contributed by atoms with Gasteiger partial charge >= 0.3 is 12.6 Å². The number of hydrogen-bond donors (Lipinski definition) is 1. The average Bonchev–Trinajstić information content (AvgIpc) is 3.06. The van der Waals surface area contributed by atoms with E-state index in [1.54, 1.807) is 12.1 Å². The standard InChI is InChI=1S/C16H13F2NO5/c17-16(18)24-13-6-2-1-5-12(13)19-14(20)10-23-15(21)8-7-11-4-3-9-22-11/h1-9,16H,10H2,(H,19,20). The fraction of sp³-hybridized carbons (Fsp3) is 0.125. The highest BCUT2D eigenvalue weighted by Crippen LogP contribution is 2.25. The van der Waals surface area contributed by atoms with Crippen LogP contribution in [0.2, 0.25) is 0 Å². The van der Waals surface area contributed by atoms with Gasteiger partial charge in [-0.25, -0.2) is 4.79 Å². The summed E-state index contributed by atoms with van der Waals surface area (Å²) >= 11 is 0. The lowest BCUT2D eigenvalue weighted by Gasteiger charge is -2.11. The number of carbonyl (C=O) groups excluding carboxylic acids is 2. The quantitative estimate of drug-likeness (QED) is 0.620. The molecule has 0 unspecified atom stereocenters. The normalized spacial score (nSPS) is 10.8.